The zero-order chi connectivity index (χ0) is 13.4. The van der Waals surface area contributed by atoms with E-state index >= 15 is 0 Å². The van der Waals surface area contributed by atoms with Crippen molar-refractivity contribution in [2.75, 3.05) is 5.73 Å². The average Bonchev–Trinajstić information content (AvgIpc) is 2.84. The zero-order valence-corrected chi connectivity index (χ0v) is 12.1. The average molecular weight is 319 g/mol. The Labute approximate surface area is 120 Å². The molecule has 1 aromatic heterocycles. The molecule has 1 aromatic carbocycles. The van der Waals surface area contributed by atoms with Gasteiger partial charge in [0.25, 0.3) is 5.56 Å². The van der Waals surface area contributed by atoms with Crippen LogP contribution in [-0.2, 0) is 19.4 Å². The first-order chi connectivity index (χ1) is 9.15. The van der Waals surface area contributed by atoms with Crippen LogP contribution < -0.4 is 11.3 Å². The van der Waals surface area contributed by atoms with E-state index in [1.807, 2.05) is 28.8 Å². The number of rotatable bonds is 2. The molecule has 98 valence electrons. The minimum absolute atomic E-state index is 0.0735. The molecule has 1 aliphatic carbocycles. The van der Waals surface area contributed by atoms with Gasteiger partial charge in [-0.05, 0) is 42.5 Å². The van der Waals surface area contributed by atoms with Crippen molar-refractivity contribution in [3.05, 3.63) is 62.0 Å². The molecule has 0 unspecified atom stereocenters. The summed E-state index contributed by atoms with van der Waals surface area (Å²) in [5.41, 5.74) is 10.1. The van der Waals surface area contributed by atoms with E-state index in [-0.39, 0.29) is 5.56 Å². The van der Waals surface area contributed by atoms with Crippen molar-refractivity contribution in [1.29, 1.82) is 0 Å². The van der Waals surface area contributed by atoms with Gasteiger partial charge in [0, 0.05) is 21.9 Å². The smallest absolute Gasteiger partial charge is 0.251 e. The number of nitrogens with two attached hydrogens (primary N) is 1. The quantitative estimate of drug-likeness (QED) is 0.865. The molecule has 3 nitrogen and oxygen atoms in total. The van der Waals surface area contributed by atoms with Crippen LogP contribution in [0.15, 0.2) is 39.6 Å². The van der Waals surface area contributed by atoms with Crippen LogP contribution in [-0.4, -0.2) is 4.57 Å². The standard InChI is InChI=1S/C15H15BrN2O/c16-13-8-12(17)6-4-11(13)9-18-14-3-1-2-10(14)5-7-15(18)19/h4-8H,1-3,9,17H2. The van der Waals surface area contributed by atoms with Gasteiger partial charge < -0.3 is 10.3 Å². The van der Waals surface area contributed by atoms with Crippen LogP contribution in [0, 0.1) is 0 Å². The molecular weight excluding hydrogens is 304 g/mol. The Kier molecular flexibility index (Phi) is 3.19. The number of aromatic nitrogens is 1. The van der Waals surface area contributed by atoms with Crippen LogP contribution in [0.2, 0.25) is 0 Å². The molecule has 0 atom stereocenters. The number of pyridine rings is 1. The van der Waals surface area contributed by atoms with E-state index < -0.39 is 0 Å². The number of nitrogens with zero attached hydrogens (tertiary/aromatic N) is 1. The Hall–Kier alpha value is -1.55. The van der Waals surface area contributed by atoms with Gasteiger partial charge in [-0.1, -0.05) is 28.1 Å². The molecule has 2 aromatic rings. The monoisotopic (exact) mass is 318 g/mol. The molecule has 1 heterocycles. The van der Waals surface area contributed by atoms with Crippen molar-refractivity contribution in [3.63, 3.8) is 0 Å². The lowest BCUT2D eigenvalue weighted by Gasteiger charge is -2.13. The molecule has 0 saturated carbocycles. The minimum atomic E-state index is 0.0735. The van der Waals surface area contributed by atoms with Crippen LogP contribution in [0.5, 0.6) is 0 Å². The summed E-state index contributed by atoms with van der Waals surface area (Å²) < 4.78 is 2.84. The number of aryl methyl sites for hydroxylation is 1. The minimum Gasteiger partial charge on any atom is -0.399 e. The van der Waals surface area contributed by atoms with E-state index in [0.29, 0.717) is 6.54 Å². The summed E-state index contributed by atoms with van der Waals surface area (Å²) in [6.45, 7) is 0.600. The van der Waals surface area contributed by atoms with Gasteiger partial charge in [-0.2, -0.15) is 0 Å². The zero-order valence-electron chi connectivity index (χ0n) is 10.5. The van der Waals surface area contributed by atoms with E-state index in [9.17, 15) is 4.79 Å². The van der Waals surface area contributed by atoms with E-state index in [1.54, 1.807) is 6.07 Å². The van der Waals surface area contributed by atoms with Crippen LogP contribution in [0.3, 0.4) is 0 Å². The molecule has 0 aliphatic heterocycles. The second-order valence-electron chi connectivity index (χ2n) is 4.93. The third-order valence-corrected chi connectivity index (χ3v) is 4.39. The summed E-state index contributed by atoms with van der Waals surface area (Å²) in [5.74, 6) is 0. The fraction of sp³-hybridized carbons (Fsp3) is 0.267. The van der Waals surface area contributed by atoms with E-state index in [4.69, 9.17) is 5.73 Å². The number of benzene rings is 1. The Bertz CT molecular complexity index is 691. The first kappa shape index (κ1) is 12.5. The summed E-state index contributed by atoms with van der Waals surface area (Å²) in [4.78, 5) is 12.1. The van der Waals surface area contributed by atoms with Gasteiger partial charge in [-0.25, -0.2) is 0 Å². The van der Waals surface area contributed by atoms with Gasteiger partial charge in [-0.15, -0.1) is 0 Å². The maximum absolute atomic E-state index is 12.1. The summed E-state index contributed by atoms with van der Waals surface area (Å²) in [6.07, 6.45) is 3.22. The first-order valence-corrected chi connectivity index (χ1v) is 7.20. The lowest BCUT2D eigenvalue weighted by atomic mass is 10.1. The van der Waals surface area contributed by atoms with Crippen molar-refractivity contribution in [1.82, 2.24) is 4.57 Å². The SMILES string of the molecule is Nc1ccc(Cn2c3c(ccc2=O)CCC3)c(Br)c1. The highest BCUT2D eigenvalue weighted by Crippen LogP contribution is 2.24. The summed E-state index contributed by atoms with van der Waals surface area (Å²) in [5, 5.41) is 0. The van der Waals surface area contributed by atoms with Gasteiger partial charge in [-0.3, -0.25) is 4.79 Å². The Morgan fingerprint density at radius 2 is 2.05 bits per heavy atom. The van der Waals surface area contributed by atoms with Gasteiger partial charge >= 0.3 is 0 Å². The van der Waals surface area contributed by atoms with Crippen LogP contribution in [0.25, 0.3) is 0 Å². The normalized spacial score (nSPS) is 13.5. The number of hydrogen-bond acceptors (Lipinski definition) is 2. The largest absolute Gasteiger partial charge is 0.399 e. The summed E-state index contributed by atoms with van der Waals surface area (Å²) >= 11 is 3.51. The molecule has 3 rings (SSSR count). The molecule has 2 N–H and O–H groups in total. The molecule has 0 bridgehead atoms. The van der Waals surface area contributed by atoms with Crippen molar-refractivity contribution in [3.8, 4) is 0 Å². The molecule has 0 radical (unpaired) electrons. The third-order valence-electron chi connectivity index (χ3n) is 3.65. The Morgan fingerprint density at radius 3 is 2.84 bits per heavy atom. The summed E-state index contributed by atoms with van der Waals surface area (Å²) in [7, 11) is 0. The molecule has 1 aliphatic rings. The van der Waals surface area contributed by atoms with Crippen LogP contribution >= 0.6 is 15.9 Å². The Balaban J connectivity index is 2.04. The fourth-order valence-corrected chi connectivity index (χ4v) is 3.19. The lowest BCUT2D eigenvalue weighted by Crippen LogP contribution is -2.23. The van der Waals surface area contributed by atoms with Gasteiger partial charge in [0.2, 0.25) is 0 Å². The summed E-state index contributed by atoms with van der Waals surface area (Å²) in [6, 6.07) is 9.37. The second-order valence-corrected chi connectivity index (χ2v) is 5.79. The lowest BCUT2D eigenvalue weighted by molar-refractivity contribution is 0.706. The second kappa shape index (κ2) is 4.85. The highest BCUT2D eigenvalue weighted by molar-refractivity contribution is 9.10. The number of hydrogen-bond donors (Lipinski definition) is 1. The van der Waals surface area contributed by atoms with Crippen molar-refractivity contribution in [2.45, 2.75) is 25.8 Å². The highest BCUT2D eigenvalue weighted by Gasteiger charge is 2.16. The van der Waals surface area contributed by atoms with Crippen molar-refractivity contribution >= 4 is 21.6 Å². The van der Waals surface area contributed by atoms with Gasteiger partial charge in [0.1, 0.15) is 0 Å². The molecular formula is C15H15BrN2O. The predicted octanol–water partition coefficient (Wildman–Crippen LogP) is 2.73. The maximum Gasteiger partial charge on any atom is 0.251 e. The van der Waals surface area contributed by atoms with E-state index in [0.717, 1.165) is 35.0 Å². The topological polar surface area (TPSA) is 48.0 Å². The molecule has 0 saturated heterocycles. The number of anilines is 1. The number of fused-ring (bicyclic) bond motifs is 1. The maximum atomic E-state index is 12.1. The number of nitrogen functional groups attached to an aromatic ring is 1. The van der Waals surface area contributed by atoms with Gasteiger partial charge in [0.15, 0.2) is 0 Å². The van der Waals surface area contributed by atoms with Gasteiger partial charge in [0.05, 0.1) is 6.54 Å². The molecule has 19 heavy (non-hydrogen) atoms. The molecule has 0 amide bonds. The van der Waals surface area contributed by atoms with Crippen molar-refractivity contribution < 1.29 is 0 Å². The van der Waals surface area contributed by atoms with E-state index in [2.05, 4.69) is 15.9 Å². The first-order valence-electron chi connectivity index (χ1n) is 6.40. The fourth-order valence-electron chi connectivity index (χ4n) is 2.67. The molecule has 4 heteroatoms. The van der Waals surface area contributed by atoms with E-state index in [1.165, 1.54) is 11.3 Å². The number of halogens is 1. The van der Waals surface area contributed by atoms with Crippen LogP contribution in [0.4, 0.5) is 5.69 Å². The molecule has 0 spiro atoms. The third kappa shape index (κ3) is 2.32. The molecule has 0 fully saturated rings. The van der Waals surface area contributed by atoms with Crippen molar-refractivity contribution in [2.24, 2.45) is 0 Å². The predicted molar refractivity (Wildman–Crippen MR) is 80.4 cm³/mol. The Morgan fingerprint density at radius 1 is 1.21 bits per heavy atom. The van der Waals surface area contributed by atoms with Crippen LogP contribution in [0.1, 0.15) is 23.2 Å². The highest BCUT2D eigenvalue weighted by atomic mass is 79.9.